The molecule has 0 saturated carbocycles. The number of esters is 2. The molecule has 0 radical (unpaired) electrons. The summed E-state index contributed by atoms with van der Waals surface area (Å²) in [7, 11) is 4.33. The molecule has 1 amide bonds. The van der Waals surface area contributed by atoms with Gasteiger partial charge in [0.05, 0.1) is 24.5 Å². The summed E-state index contributed by atoms with van der Waals surface area (Å²) in [6, 6.07) is 27.7. The van der Waals surface area contributed by atoms with Gasteiger partial charge in [0, 0.05) is 109 Å². The molecule has 0 unspecified atom stereocenters. The van der Waals surface area contributed by atoms with Crippen molar-refractivity contribution in [1.82, 2.24) is 34.6 Å². The van der Waals surface area contributed by atoms with Crippen molar-refractivity contribution in [3.63, 3.8) is 0 Å². The minimum absolute atomic E-state index is 0. The number of aromatic nitrogens is 4. The van der Waals surface area contributed by atoms with Crippen molar-refractivity contribution in [3.8, 4) is 12.0 Å². The maximum absolute atomic E-state index is 12.6. The van der Waals surface area contributed by atoms with Crippen LogP contribution in [-0.2, 0) is 45.1 Å². The lowest BCUT2D eigenvalue weighted by Crippen LogP contribution is -2.56. The second kappa shape index (κ2) is 36.6. The average molecular weight is 1370 g/mol. The van der Waals surface area contributed by atoms with E-state index in [9.17, 15) is 14.4 Å². The van der Waals surface area contributed by atoms with Crippen LogP contribution < -0.4 is 29.1 Å². The van der Waals surface area contributed by atoms with Gasteiger partial charge in [0.25, 0.3) is 0 Å². The highest BCUT2D eigenvalue weighted by Crippen LogP contribution is 2.38. The third-order valence-corrected chi connectivity index (χ3v) is 18.8. The molecule has 23 heteroatoms. The Labute approximate surface area is 589 Å². The van der Waals surface area contributed by atoms with E-state index in [-0.39, 0.29) is 72.5 Å². The molecular formula is C72H95N13O6S4. The molecule has 0 bridgehead atoms. The number of likely N-dealkylation sites (N-methyl/N-ethyl adjacent to an activating group) is 2. The number of anilines is 4. The number of hydrogen-bond acceptors (Lipinski definition) is 16. The van der Waals surface area contributed by atoms with Crippen molar-refractivity contribution in [2.24, 2.45) is 5.92 Å². The molecule has 4 saturated heterocycles. The number of likely N-dealkylation sites (tertiary alicyclic amines) is 2. The van der Waals surface area contributed by atoms with Gasteiger partial charge in [-0.25, -0.2) is 22.7 Å². The zero-order valence-electron chi connectivity index (χ0n) is 55.5. The van der Waals surface area contributed by atoms with Gasteiger partial charge in [-0.3, -0.25) is 4.79 Å². The van der Waals surface area contributed by atoms with Crippen LogP contribution in [0.15, 0.2) is 111 Å². The van der Waals surface area contributed by atoms with E-state index in [1.165, 1.54) is 68.5 Å². The van der Waals surface area contributed by atoms with Gasteiger partial charge in [0.1, 0.15) is 30.9 Å². The Kier molecular flexibility index (Phi) is 29.4. The number of rotatable bonds is 15. The van der Waals surface area contributed by atoms with Crippen molar-refractivity contribution >= 4 is 116 Å². The fraction of sp³-hybridized carbons (Fsp3) is 0.458. The number of hydrogen-bond donors (Lipinski definition) is 0. The molecule has 6 aliphatic rings. The van der Waals surface area contributed by atoms with Gasteiger partial charge in [0.2, 0.25) is 19.0 Å². The van der Waals surface area contributed by atoms with E-state index in [2.05, 4.69) is 164 Å². The van der Waals surface area contributed by atoms with Gasteiger partial charge >= 0.3 is 24.0 Å². The van der Waals surface area contributed by atoms with Crippen LogP contribution in [0.1, 0.15) is 85.0 Å². The Morgan fingerprint density at radius 1 is 0.537 bits per heavy atom. The van der Waals surface area contributed by atoms with Crippen LogP contribution in [0.2, 0.25) is 0 Å². The standard InChI is InChI=1S/C34H41N7O2.C32H40N6O.C6H6O3.4H2S/c1-5-31(42)41-19-18-40(21-27(41)20-35-3)33-28-14-9-17-39(30-15-7-12-25-11-6-10-24(2)32(25)30)22-29(28)36-34(37-33)43-23-26-13-8-16-38(26)4;1-23-9-4-11-25-12-5-15-29(30(23)25)37-17-8-14-27-28(21-37)34-32(39-22-26-13-7-16-36(26)3)35-31(27)38-18-6-10-24(20-38)19-33-2;1-3-5(7)9-6(8)4-2;;;;/h5-7,10-12,15,26-27H,1,8-9,13-14,16-23H2,2,4H3;4-5,9,11-12,15,24,26H,6-8,10,13-14,16-22H2,1,3H3;3-4H,1-2H2;4*1H2/t26-,27-;24-,26-;;;;;/m00...../s1. The van der Waals surface area contributed by atoms with E-state index in [1.54, 1.807) is 4.90 Å². The summed E-state index contributed by atoms with van der Waals surface area (Å²) in [6.07, 6.45) is 13.9. The normalized spacial score (nSPS) is 19.2. The first kappa shape index (κ1) is 76.5. The SMILES string of the molecule is C=CC(=O)OC(=O)C=C.S.S.S.S.[C-]#[N+]C[C@@H]1CCCN(c2nc(OC[C@@H]3CCCN3C)nc3c2CCCN(c2cccc4cccc(C)c24)C3)C1.[C-]#[N+]C[C@H]1CN(c2nc(OC[C@@H]3CCCN3C)nc3c2CCCN(c2cccc4cccc(C)c24)C3)CCN1C(=O)C=C. The molecule has 4 fully saturated rings. The summed E-state index contributed by atoms with van der Waals surface area (Å²) in [5.41, 5.74) is 9.58. The van der Waals surface area contributed by atoms with Gasteiger partial charge in [-0.1, -0.05) is 80.4 Å². The summed E-state index contributed by atoms with van der Waals surface area (Å²) in [5.74, 6) is 0.677. The Hall–Kier alpha value is -7.51. The third kappa shape index (κ3) is 18.7. The van der Waals surface area contributed by atoms with E-state index < -0.39 is 11.9 Å². The fourth-order valence-corrected chi connectivity index (χ4v) is 13.9. The Balaban J connectivity index is 0.000000257. The van der Waals surface area contributed by atoms with E-state index in [4.69, 9.17) is 42.6 Å². The molecule has 508 valence electrons. The number of nitrogens with zero attached hydrogens (tertiary/aromatic N) is 13. The molecule has 8 heterocycles. The molecule has 0 N–H and O–H groups in total. The van der Waals surface area contributed by atoms with E-state index in [0.29, 0.717) is 76.0 Å². The van der Waals surface area contributed by atoms with E-state index >= 15 is 0 Å². The minimum atomic E-state index is -0.764. The van der Waals surface area contributed by atoms with Crippen LogP contribution in [0.3, 0.4) is 0 Å². The summed E-state index contributed by atoms with van der Waals surface area (Å²) >= 11 is 0. The third-order valence-electron chi connectivity index (χ3n) is 18.8. The van der Waals surface area contributed by atoms with Gasteiger partial charge in [-0.2, -0.15) is 73.9 Å². The average Bonchev–Trinajstić information content (AvgIpc) is 1.78. The second-order valence-electron chi connectivity index (χ2n) is 24.8. The van der Waals surface area contributed by atoms with Gasteiger partial charge < -0.3 is 58.2 Å². The molecule has 4 atom stereocenters. The minimum Gasteiger partial charge on any atom is -0.462 e. The van der Waals surface area contributed by atoms with Gasteiger partial charge in [-0.05, 0) is 145 Å². The second-order valence-corrected chi connectivity index (χ2v) is 24.8. The van der Waals surface area contributed by atoms with Crippen molar-refractivity contribution in [1.29, 1.82) is 0 Å². The maximum atomic E-state index is 12.6. The van der Waals surface area contributed by atoms with Crippen molar-refractivity contribution in [3.05, 3.63) is 167 Å². The monoisotopic (exact) mass is 1370 g/mol. The van der Waals surface area contributed by atoms with Crippen molar-refractivity contribution in [2.75, 3.05) is 119 Å². The highest BCUT2D eigenvalue weighted by molar-refractivity contribution is 7.59. The van der Waals surface area contributed by atoms with E-state index in [0.717, 1.165) is 138 Å². The molecule has 12 rings (SSSR count). The molecule has 19 nitrogen and oxygen atoms in total. The van der Waals surface area contributed by atoms with Crippen LogP contribution in [0.4, 0.5) is 23.0 Å². The highest BCUT2D eigenvalue weighted by atomic mass is 32.1. The lowest BCUT2D eigenvalue weighted by molar-refractivity contribution is -0.152. The zero-order valence-corrected chi connectivity index (χ0v) is 59.5. The molecule has 6 aliphatic heterocycles. The zero-order chi connectivity index (χ0) is 64.0. The first-order valence-corrected chi connectivity index (χ1v) is 32.3. The number of fused-ring (bicyclic) bond motifs is 4. The highest BCUT2D eigenvalue weighted by Gasteiger charge is 2.36. The predicted octanol–water partition coefficient (Wildman–Crippen LogP) is 10.9. The van der Waals surface area contributed by atoms with Crippen molar-refractivity contribution in [2.45, 2.75) is 109 Å². The van der Waals surface area contributed by atoms with Crippen LogP contribution in [0.25, 0.3) is 31.2 Å². The molecule has 95 heavy (non-hydrogen) atoms. The Morgan fingerprint density at radius 2 is 0.989 bits per heavy atom. The molecule has 0 spiro atoms. The van der Waals surface area contributed by atoms with Crippen LogP contribution in [0, 0.1) is 32.9 Å². The Bertz CT molecular complexity index is 3710. The molecule has 2 aromatic heterocycles. The molecule has 0 aliphatic carbocycles. The number of aryl methyl sites for hydroxylation is 2. The number of amides is 1. The topological polar surface area (TPSA) is 162 Å². The summed E-state index contributed by atoms with van der Waals surface area (Å²) in [6.45, 7) is 40.3. The molecular weight excluding hydrogens is 1270 g/mol. The summed E-state index contributed by atoms with van der Waals surface area (Å²) in [4.78, 5) is 76.7. The van der Waals surface area contributed by atoms with Gasteiger partial charge in [0.15, 0.2) is 0 Å². The Morgan fingerprint density at radius 3 is 1.43 bits per heavy atom. The van der Waals surface area contributed by atoms with Gasteiger partial charge in [-0.15, -0.1) is 0 Å². The number of ether oxygens (including phenoxy) is 3. The first-order valence-electron chi connectivity index (χ1n) is 32.3. The quantitative estimate of drug-likeness (QED) is 0.0413. The lowest BCUT2D eigenvalue weighted by Gasteiger charge is -2.40. The lowest BCUT2D eigenvalue weighted by atomic mass is 9.97. The number of carbonyl (C=O) groups is 3. The number of benzene rings is 4. The van der Waals surface area contributed by atoms with Crippen LogP contribution >= 0.6 is 54.0 Å². The fourth-order valence-electron chi connectivity index (χ4n) is 13.9. The summed E-state index contributed by atoms with van der Waals surface area (Å²) in [5, 5.41) is 5.14. The van der Waals surface area contributed by atoms with Crippen molar-refractivity contribution < 1.29 is 28.6 Å². The molecule has 4 aromatic carbocycles. The maximum Gasteiger partial charge on any atom is 0.338 e. The number of carbonyl (C=O) groups excluding carboxylic acids is 3. The largest absolute Gasteiger partial charge is 0.462 e. The number of piperazine rings is 1. The smallest absolute Gasteiger partial charge is 0.338 e. The molecule has 6 aromatic rings. The predicted molar refractivity (Wildman–Crippen MR) is 401 cm³/mol. The first-order chi connectivity index (χ1) is 44.3. The van der Waals surface area contributed by atoms with E-state index in [1.807, 2.05) is 0 Å². The summed E-state index contributed by atoms with van der Waals surface area (Å²) < 4.78 is 16.7. The number of piperidine rings is 1. The van der Waals surface area contributed by atoms with Crippen LogP contribution in [0.5, 0.6) is 12.0 Å². The van der Waals surface area contributed by atoms with Crippen LogP contribution in [-0.4, -0.2) is 170 Å².